The Hall–Kier alpha value is -2.93. The van der Waals surface area contributed by atoms with Gasteiger partial charge in [-0.15, -0.1) is 0 Å². The van der Waals surface area contributed by atoms with Crippen molar-refractivity contribution in [1.82, 2.24) is 10.2 Å². The Morgan fingerprint density at radius 2 is 1.84 bits per heavy atom. The second kappa shape index (κ2) is 11.6. The normalized spacial score (nSPS) is 40.6. The predicted molar refractivity (Wildman–Crippen MR) is 142 cm³/mol. The van der Waals surface area contributed by atoms with E-state index in [1.807, 2.05) is 12.2 Å². The van der Waals surface area contributed by atoms with Gasteiger partial charge in [-0.1, -0.05) is 56.7 Å². The molecule has 4 rings (SSSR count). The first-order valence-corrected chi connectivity index (χ1v) is 13.6. The van der Waals surface area contributed by atoms with E-state index < -0.39 is 29.6 Å². The summed E-state index contributed by atoms with van der Waals surface area (Å²) in [6.45, 7) is 4.84. The monoisotopic (exact) mass is 508 g/mol. The van der Waals surface area contributed by atoms with Gasteiger partial charge in [-0.2, -0.15) is 0 Å². The molecule has 2 amide bonds. The maximum Gasteiger partial charge on any atom is 0.261 e. The largest absolute Gasteiger partial charge is 0.507 e. The highest BCUT2D eigenvalue weighted by Crippen LogP contribution is 2.57. The van der Waals surface area contributed by atoms with Gasteiger partial charge in [0.15, 0.2) is 5.78 Å². The Morgan fingerprint density at radius 1 is 1.08 bits per heavy atom. The van der Waals surface area contributed by atoms with E-state index in [9.17, 15) is 24.6 Å². The number of rotatable bonds is 1. The van der Waals surface area contributed by atoms with Crippen LogP contribution in [0.4, 0.5) is 0 Å². The molecule has 7 nitrogen and oxygen atoms in total. The number of carbonyl (C=O) groups is 3. The highest BCUT2D eigenvalue weighted by Gasteiger charge is 2.50. The van der Waals surface area contributed by atoms with Crippen LogP contribution in [0.3, 0.4) is 0 Å². The van der Waals surface area contributed by atoms with E-state index in [1.165, 1.54) is 38.5 Å². The summed E-state index contributed by atoms with van der Waals surface area (Å²) in [4.78, 5) is 39.0. The Labute approximate surface area is 219 Å². The van der Waals surface area contributed by atoms with Crippen molar-refractivity contribution in [3.8, 4) is 0 Å². The number of Topliss-reactive ketones (excluding diaryl/α,β-unsaturated/α-hetero) is 1. The van der Waals surface area contributed by atoms with Crippen molar-refractivity contribution >= 4 is 17.6 Å². The molecule has 2 heterocycles. The molecule has 0 spiro atoms. The minimum Gasteiger partial charge on any atom is -0.507 e. The fraction of sp³-hybridized carbons (Fsp3) is 0.567. The first kappa shape index (κ1) is 27.1. The van der Waals surface area contributed by atoms with Crippen LogP contribution in [0.2, 0.25) is 0 Å². The molecular formula is C30H40N2O5. The molecule has 0 aromatic heterocycles. The van der Waals surface area contributed by atoms with Crippen LogP contribution < -0.4 is 5.32 Å². The summed E-state index contributed by atoms with van der Waals surface area (Å²) in [5, 5.41) is 23.8. The van der Waals surface area contributed by atoms with Crippen molar-refractivity contribution in [2.24, 2.45) is 35.5 Å². The van der Waals surface area contributed by atoms with Crippen LogP contribution in [-0.2, 0) is 14.4 Å². The number of nitrogens with one attached hydrogen (secondary N) is 1. The van der Waals surface area contributed by atoms with Gasteiger partial charge >= 0.3 is 0 Å². The number of allylic oxidation sites excluding steroid dienone is 7. The van der Waals surface area contributed by atoms with Crippen molar-refractivity contribution in [2.45, 2.75) is 58.1 Å². The van der Waals surface area contributed by atoms with Crippen LogP contribution in [-0.4, -0.2) is 58.4 Å². The van der Waals surface area contributed by atoms with Crippen LogP contribution in [0, 0.1) is 35.5 Å². The van der Waals surface area contributed by atoms with E-state index in [1.54, 1.807) is 12.2 Å². The van der Waals surface area contributed by atoms with E-state index in [0.717, 1.165) is 23.2 Å². The molecule has 2 aliphatic carbocycles. The summed E-state index contributed by atoms with van der Waals surface area (Å²) < 4.78 is 0. The summed E-state index contributed by atoms with van der Waals surface area (Å²) >= 11 is 0. The SMILES string of the molecule is CC[C@@H]1C[C@@H]2C[C@H]3/C=C\C=C/C(=O)NCC[C@H](O)[C@H]4C(=O)C(=C(O)/C=C/C=C/C[C@H]3[C@@H]2[C@H]1C)C(=O)N4C. The first-order valence-electron chi connectivity index (χ1n) is 13.6. The summed E-state index contributed by atoms with van der Waals surface area (Å²) in [6, 6.07) is -1.10. The van der Waals surface area contributed by atoms with E-state index in [-0.39, 0.29) is 24.4 Å². The Bertz CT molecular complexity index is 1050. The molecule has 2 bridgehead atoms. The molecule has 2 saturated carbocycles. The average Bonchev–Trinajstić information content (AvgIpc) is 3.43. The number of amides is 2. The molecular weight excluding hydrogens is 468 g/mol. The maximum absolute atomic E-state index is 12.9. The zero-order valence-corrected chi connectivity index (χ0v) is 22.0. The number of aliphatic hydroxyl groups is 2. The van der Waals surface area contributed by atoms with Gasteiger partial charge in [0.25, 0.3) is 5.91 Å². The van der Waals surface area contributed by atoms with Crippen LogP contribution in [0.5, 0.6) is 0 Å². The second-order valence-electron chi connectivity index (χ2n) is 11.1. The van der Waals surface area contributed by atoms with Gasteiger partial charge in [0.2, 0.25) is 5.91 Å². The standard InChI is InChI=1S/C30H40N2O5/c1-4-19-16-21-17-20-10-8-9-13-25(35)31-15-14-24(34)28-29(36)27(30(37)32(28)3)23(33)12-7-5-6-11-22(20)26(21)18(19)2/h5-10,12-13,18-22,24,26,28,33-34H,4,11,14-17H2,1-3H3,(H,31,35)/b6-5+,10-8-,12-7+,13-9-,27-23?/t18-,19+,20+,21+,22+,24-,26+,28-/m0/s1. The Morgan fingerprint density at radius 3 is 2.59 bits per heavy atom. The van der Waals surface area contributed by atoms with E-state index in [4.69, 9.17) is 0 Å². The number of carbonyl (C=O) groups excluding carboxylic acids is 3. The lowest BCUT2D eigenvalue weighted by Gasteiger charge is -2.27. The van der Waals surface area contributed by atoms with E-state index in [2.05, 4.69) is 31.3 Å². The minimum absolute atomic E-state index is 0.0968. The van der Waals surface area contributed by atoms with Crippen molar-refractivity contribution in [3.05, 3.63) is 59.9 Å². The third kappa shape index (κ3) is 5.52. The third-order valence-corrected chi connectivity index (χ3v) is 9.10. The molecule has 0 aromatic rings. The predicted octanol–water partition coefficient (Wildman–Crippen LogP) is 3.64. The topological polar surface area (TPSA) is 107 Å². The van der Waals surface area contributed by atoms with Gasteiger partial charge in [0.1, 0.15) is 17.4 Å². The molecule has 200 valence electrons. The number of ketones is 1. The lowest BCUT2D eigenvalue weighted by molar-refractivity contribution is -0.128. The Balaban J connectivity index is 1.60. The summed E-state index contributed by atoms with van der Waals surface area (Å²) in [6.07, 6.45) is 18.0. The maximum atomic E-state index is 12.9. The van der Waals surface area contributed by atoms with Crippen LogP contribution in [0.1, 0.15) is 46.0 Å². The highest BCUT2D eigenvalue weighted by molar-refractivity contribution is 6.27. The van der Waals surface area contributed by atoms with E-state index >= 15 is 0 Å². The lowest BCUT2D eigenvalue weighted by Crippen LogP contribution is -2.43. The van der Waals surface area contributed by atoms with Crippen LogP contribution in [0.15, 0.2) is 59.9 Å². The number of fused-ring (bicyclic) bond motifs is 5. The number of aliphatic hydroxyl groups excluding tert-OH is 2. The summed E-state index contributed by atoms with van der Waals surface area (Å²) in [7, 11) is 1.43. The van der Waals surface area contributed by atoms with Gasteiger partial charge in [0, 0.05) is 19.7 Å². The third-order valence-electron chi connectivity index (χ3n) is 9.10. The lowest BCUT2D eigenvalue weighted by atomic mass is 9.78. The number of nitrogens with zero attached hydrogens (tertiary/aromatic N) is 1. The Kier molecular flexibility index (Phi) is 8.53. The highest BCUT2D eigenvalue weighted by atomic mass is 16.3. The average molecular weight is 509 g/mol. The molecule has 8 atom stereocenters. The number of hydrogen-bond acceptors (Lipinski definition) is 5. The zero-order chi connectivity index (χ0) is 26.7. The van der Waals surface area contributed by atoms with Crippen LogP contribution in [0.25, 0.3) is 0 Å². The van der Waals surface area contributed by atoms with Gasteiger partial charge in [-0.25, -0.2) is 0 Å². The molecule has 7 heteroatoms. The van der Waals surface area contributed by atoms with Gasteiger partial charge in [-0.3, -0.25) is 14.4 Å². The molecule has 4 aliphatic rings. The fourth-order valence-electron chi connectivity index (χ4n) is 7.25. The van der Waals surface area contributed by atoms with E-state index in [0.29, 0.717) is 23.7 Å². The molecule has 2 aliphatic heterocycles. The molecule has 37 heavy (non-hydrogen) atoms. The van der Waals surface area contributed by atoms with Gasteiger partial charge < -0.3 is 20.4 Å². The second-order valence-corrected chi connectivity index (χ2v) is 11.1. The van der Waals surface area contributed by atoms with Crippen molar-refractivity contribution in [1.29, 1.82) is 0 Å². The van der Waals surface area contributed by atoms with Gasteiger partial charge in [-0.05, 0) is 67.3 Å². The van der Waals surface area contributed by atoms with Crippen molar-refractivity contribution < 1.29 is 24.6 Å². The number of likely N-dealkylation sites (N-methyl/N-ethyl adjacent to an activating group) is 1. The van der Waals surface area contributed by atoms with Crippen LogP contribution >= 0.6 is 0 Å². The summed E-state index contributed by atoms with van der Waals surface area (Å²) in [5.41, 5.74) is -0.313. The zero-order valence-electron chi connectivity index (χ0n) is 22.0. The number of hydrogen-bond donors (Lipinski definition) is 3. The first-order chi connectivity index (χ1) is 17.7. The molecule has 1 saturated heterocycles. The number of likely N-dealkylation sites (tertiary alicyclic amines) is 1. The minimum atomic E-state index is -1.17. The summed E-state index contributed by atoms with van der Waals surface area (Å²) in [5.74, 6) is 1.89. The van der Waals surface area contributed by atoms with Crippen molar-refractivity contribution in [2.75, 3.05) is 13.6 Å². The van der Waals surface area contributed by atoms with Crippen molar-refractivity contribution in [3.63, 3.8) is 0 Å². The molecule has 3 N–H and O–H groups in total. The quantitative estimate of drug-likeness (QED) is 0.469. The molecule has 3 fully saturated rings. The molecule has 0 radical (unpaired) electrons. The van der Waals surface area contributed by atoms with Gasteiger partial charge in [0.05, 0.1) is 6.10 Å². The smallest absolute Gasteiger partial charge is 0.261 e. The molecule has 0 unspecified atom stereocenters. The molecule has 0 aromatic carbocycles. The fourth-order valence-corrected chi connectivity index (χ4v) is 7.25.